The Kier molecular flexibility index (Phi) is 5.10. The third-order valence-electron chi connectivity index (χ3n) is 5.02. The van der Waals surface area contributed by atoms with Crippen LogP contribution in [0.5, 0.6) is 0 Å². The van der Waals surface area contributed by atoms with Crippen LogP contribution >= 0.6 is 0 Å². The molecule has 0 amide bonds. The lowest BCUT2D eigenvalue weighted by Gasteiger charge is -2.24. The van der Waals surface area contributed by atoms with Gasteiger partial charge in [0.25, 0.3) is 5.69 Å². The van der Waals surface area contributed by atoms with Gasteiger partial charge in [0, 0.05) is 37.0 Å². The van der Waals surface area contributed by atoms with Crippen LogP contribution in [0.2, 0.25) is 0 Å². The molecule has 1 saturated heterocycles. The second-order valence-electron chi connectivity index (χ2n) is 7.36. The van der Waals surface area contributed by atoms with Gasteiger partial charge in [-0.3, -0.25) is 14.8 Å². The van der Waals surface area contributed by atoms with Gasteiger partial charge in [0.1, 0.15) is 0 Å². The number of hydrogen-bond acceptors (Lipinski definition) is 6. The van der Waals surface area contributed by atoms with Gasteiger partial charge >= 0.3 is 0 Å². The summed E-state index contributed by atoms with van der Waals surface area (Å²) in [5.74, 6) is 0. The van der Waals surface area contributed by atoms with Crippen LogP contribution in [0, 0.1) is 10.1 Å². The second-order valence-corrected chi connectivity index (χ2v) is 7.36. The van der Waals surface area contributed by atoms with E-state index >= 15 is 0 Å². The molecule has 0 N–H and O–H groups in total. The molecule has 3 heterocycles. The zero-order valence-electron chi connectivity index (χ0n) is 16.1. The van der Waals surface area contributed by atoms with E-state index in [1.807, 2.05) is 25.0 Å². The van der Waals surface area contributed by atoms with Gasteiger partial charge < -0.3 is 9.64 Å². The van der Waals surface area contributed by atoms with E-state index in [2.05, 4.69) is 15.1 Å². The number of likely N-dealkylation sites (N-methyl/N-ethyl adjacent to an activating group) is 1. The van der Waals surface area contributed by atoms with Crippen molar-refractivity contribution in [3.63, 3.8) is 0 Å². The minimum Gasteiger partial charge on any atom is -0.356 e. The zero-order valence-corrected chi connectivity index (χ0v) is 16.1. The molecule has 4 rings (SSSR count). The summed E-state index contributed by atoms with van der Waals surface area (Å²) in [6, 6.07) is 5.19. The fourth-order valence-corrected chi connectivity index (χ4v) is 3.56. The zero-order chi connectivity index (χ0) is 19.7. The molecule has 0 saturated carbocycles. The summed E-state index contributed by atoms with van der Waals surface area (Å²) in [6.07, 6.45) is 6.27. The lowest BCUT2D eigenvalue weighted by molar-refractivity contribution is -0.384. The average Bonchev–Trinajstić information content (AvgIpc) is 3.32. The monoisotopic (exact) mass is 384 g/mol. The molecule has 2 aromatic heterocycles. The highest BCUT2D eigenvalue weighted by atomic mass is 16.6. The van der Waals surface area contributed by atoms with E-state index in [-0.39, 0.29) is 16.8 Å². The molecule has 9 nitrogen and oxygen atoms in total. The molecule has 0 bridgehead atoms. The number of ether oxygens (including phenoxy) is 1. The van der Waals surface area contributed by atoms with Crippen LogP contribution in [-0.4, -0.2) is 56.6 Å². The largest absolute Gasteiger partial charge is 0.356 e. The Morgan fingerprint density at radius 1 is 1.36 bits per heavy atom. The van der Waals surface area contributed by atoms with Crippen molar-refractivity contribution in [3.8, 4) is 11.3 Å². The highest BCUT2D eigenvalue weighted by Gasteiger charge is 2.25. The second kappa shape index (κ2) is 7.69. The third-order valence-corrected chi connectivity index (χ3v) is 5.02. The van der Waals surface area contributed by atoms with Crippen molar-refractivity contribution in [2.75, 3.05) is 27.2 Å². The molecule has 0 radical (unpaired) electrons. The highest BCUT2D eigenvalue weighted by Crippen LogP contribution is 2.36. The van der Waals surface area contributed by atoms with E-state index in [1.54, 1.807) is 29.1 Å². The molecule has 1 aromatic carbocycles. The number of nitrogens with zero attached hydrogens (tertiary/aromatic N) is 6. The lowest BCUT2D eigenvalue weighted by Crippen LogP contribution is -2.20. The molecular formula is C19H24N6O3. The predicted octanol–water partition coefficient (Wildman–Crippen LogP) is 3.07. The number of benzene rings is 1. The number of rotatable bonds is 6. The SMILES string of the molecule is CN(C)CCn1cc2cc([N+](=O)[O-])c(-c3ccnn3C3CCCCO3)cc2n1. The maximum absolute atomic E-state index is 11.8. The number of fused-ring (bicyclic) bond motifs is 1. The Hall–Kier alpha value is -2.78. The summed E-state index contributed by atoms with van der Waals surface area (Å²) >= 11 is 0. The maximum atomic E-state index is 11.8. The molecule has 1 aliphatic heterocycles. The highest BCUT2D eigenvalue weighted by molar-refractivity contribution is 5.89. The van der Waals surface area contributed by atoms with Gasteiger partial charge in [0.05, 0.1) is 28.2 Å². The topological polar surface area (TPSA) is 91.2 Å². The van der Waals surface area contributed by atoms with Gasteiger partial charge in [-0.25, -0.2) is 4.68 Å². The van der Waals surface area contributed by atoms with Crippen LogP contribution < -0.4 is 0 Å². The number of aromatic nitrogens is 4. The molecule has 9 heteroatoms. The van der Waals surface area contributed by atoms with Gasteiger partial charge in [-0.1, -0.05) is 0 Å². The lowest BCUT2D eigenvalue weighted by atomic mass is 10.1. The maximum Gasteiger partial charge on any atom is 0.279 e. The van der Waals surface area contributed by atoms with E-state index in [1.165, 1.54) is 0 Å². The molecule has 0 aliphatic carbocycles. The van der Waals surface area contributed by atoms with Crippen molar-refractivity contribution in [1.29, 1.82) is 0 Å². The molecule has 3 aromatic rings. The first-order valence-corrected chi connectivity index (χ1v) is 9.49. The van der Waals surface area contributed by atoms with Crippen LogP contribution in [0.1, 0.15) is 25.5 Å². The standard InChI is InChI=1S/C19H24N6O3/c1-22(2)8-9-23-13-14-11-18(25(26)27)15(12-16(14)21-23)17-6-7-20-24(17)19-5-3-4-10-28-19/h6-7,11-13,19H,3-5,8-10H2,1-2H3. The Morgan fingerprint density at radius 3 is 2.93 bits per heavy atom. The summed E-state index contributed by atoms with van der Waals surface area (Å²) in [4.78, 5) is 13.5. The van der Waals surface area contributed by atoms with Gasteiger partial charge in [0.15, 0.2) is 6.23 Å². The quantitative estimate of drug-likeness (QED) is 0.479. The first-order valence-electron chi connectivity index (χ1n) is 9.49. The molecule has 1 unspecified atom stereocenters. The number of nitro groups is 1. The molecule has 1 atom stereocenters. The van der Waals surface area contributed by atoms with Gasteiger partial charge in [-0.2, -0.15) is 10.2 Å². The average molecular weight is 384 g/mol. The molecule has 0 spiro atoms. The van der Waals surface area contributed by atoms with E-state index in [0.29, 0.717) is 17.9 Å². The van der Waals surface area contributed by atoms with Crippen LogP contribution in [0.15, 0.2) is 30.6 Å². The minimum atomic E-state index is -0.342. The van der Waals surface area contributed by atoms with Crippen molar-refractivity contribution in [2.24, 2.45) is 0 Å². The smallest absolute Gasteiger partial charge is 0.279 e. The van der Waals surface area contributed by atoms with Gasteiger partial charge in [0.2, 0.25) is 0 Å². The molecule has 148 valence electrons. The first-order chi connectivity index (χ1) is 13.5. The van der Waals surface area contributed by atoms with Crippen LogP contribution in [0.25, 0.3) is 22.2 Å². The fourth-order valence-electron chi connectivity index (χ4n) is 3.56. The van der Waals surface area contributed by atoms with Gasteiger partial charge in [-0.15, -0.1) is 0 Å². The fraction of sp³-hybridized carbons (Fsp3) is 0.474. The number of hydrogen-bond donors (Lipinski definition) is 0. The van der Waals surface area contributed by atoms with Crippen molar-refractivity contribution in [2.45, 2.75) is 32.0 Å². The van der Waals surface area contributed by atoms with Crippen molar-refractivity contribution < 1.29 is 9.66 Å². The van der Waals surface area contributed by atoms with Crippen molar-refractivity contribution in [1.82, 2.24) is 24.5 Å². The summed E-state index contributed by atoms with van der Waals surface area (Å²) in [5.41, 5.74) is 1.99. The first kappa shape index (κ1) is 18.6. The Morgan fingerprint density at radius 2 is 2.21 bits per heavy atom. The van der Waals surface area contributed by atoms with Crippen LogP contribution in [0.3, 0.4) is 0 Å². The molecular weight excluding hydrogens is 360 g/mol. The third kappa shape index (κ3) is 3.63. The van der Waals surface area contributed by atoms with Crippen LogP contribution in [-0.2, 0) is 11.3 Å². The van der Waals surface area contributed by atoms with E-state index in [0.717, 1.165) is 43.3 Å². The Balaban J connectivity index is 1.77. The van der Waals surface area contributed by atoms with E-state index in [4.69, 9.17) is 4.74 Å². The summed E-state index contributed by atoms with van der Waals surface area (Å²) in [6.45, 7) is 2.24. The van der Waals surface area contributed by atoms with E-state index < -0.39 is 0 Å². The summed E-state index contributed by atoms with van der Waals surface area (Å²) in [7, 11) is 4.00. The van der Waals surface area contributed by atoms with Crippen molar-refractivity contribution in [3.05, 3.63) is 40.7 Å². The minimum absolute atomic E-state index is 0.0530. The van der Waals surface area contributed by atoms with Gasteiger partial charge in [-0.05, 0) is 45.5 Å². The normalized spacial score (nSPS) is 17.5. The van der Waals surface area contributed by atoms with E-state index in [9.17, 15) is 10.1 Å². The summed E-state index contributed by atoms with van der Waals surface area (Å²) in [5, 5.41) is 21.5. The molecule has 1 fully saturated rings. The Bertz CT molecular complexity index is 987. The van der Waals surface area contributed by atoms with Crippen LogP contribution in [0.4, 0.5) is 5.69 Å². The summed E-state index contributed by atoms with van der Waals surface area (Å²) < 4.78 is 9.43. The number of nitro benzene ring substituents is 1. The molecule has 1 aliphatic rings. The Labute approximate surface area is 162 Å². The predicted molar refractivity (Wildman–Crippen MR) is 105 cm³/mol. The molecule has 28 heavy (non-hydrogen) atoms. The van der Waals surface area contributed by atoms with Crippen molar-refractivity contribution >= 4 is 16.6 Å².